The summed E-state index contributed by atoms with van der Waals surface area (Å²) in [5.41, 5.74) is 11.8. The first kappa shape index (κ1) is 24.1. The van der Waals surface area contributed by atoms with E-state index in [1.54, 1.807) is 24.3 Å². The predicted molar refractivity (Wildman–Crippen MR) is 96.5 cm³/mol. The van der Waals surface area contributed by atoms with E-state index in [9.17, 15) is 16.8 Å². The van der Waals surface area contributed by atoms with Crippen LogP contribution in [-0.2, 0) is 35.4 Å². The van der Waals surface area contributed by atoms with Gasteiger partial charge >= 0.3 is 18.3 Å². The Kier molecular flexibility index (Phi) is 9.90. The summed E-state index contributed by atoms with van der Waals surface area (Å²) in [6.45, 7) is 0. The second-order valence-corrected chi connectivity index (χ2v) is 10.7. The average Bonchev–Trinajstić information content (AvgIpc) is 2.42. The fourth-order valence-corrected chi connectivity index (χ4v) is 4.40. The smallest absolute Gasteiger partial charge is 0.324 e. The molecule has 0 heterocycles. The van der Waals surface area contributed by atoms with Gasteiger partial charge < -0.3 is 11.5 Å². The zero-order valence-corrected chi connectivity index (χ0v) is 16.7. The van der Waals surface area contributed by atoms with Gasteiger partial charge in [-0.05, 0) is 48.5 Å². The van der Waals surface area contributed by atoms with Gasteiger partial charge in [-0.3, -0.25) is 9.11 Å². The number of hydrogen-bond donors (Lipinski definition) is 4. The third kappa shape index (κ3) is 12.1. The Labute approximate surface area is 163 Å². The van der Waals surface area contributed by atoms with Crippen molar-refractivity contribution in [1.82, 2.24) is 0 Å². The van der Waals surface area contributed by atoms with E-state index < -0.39 is 18.3 Å². The maximum atomic E-state index is 10.4. The molecule has 13 heteroatoms. The van der Waals surface area contributed by atoms with Gasteiger partial charge in [0.05, 0.1) is 0 Å². The van der Waals surface area contributed by atoms with Crippen LogP contribution >= 0.6 is 21.6 Å². The van der Waals surface area contributed by atoms with E-state index in [0.29, 0.717) is 42.8 Å². The van der Waals surface area contributed by atoms with Crippen molar-refractivity contribution in [2.24, 2.45) is 0 Å². The number of benzene rings is 2. The zero-order chi connectivity index (χ0) is 18.4. The molecule has 2 aromatic carbocycles. The SMILES string of the molecule is Nc1ccc(SS(=O)(=O)O)cc1.Nc1ccc(SS(=O)(=O)O)cc1.[Fe]. The average molecular weight is 466 g/mol. The van der Waals surface area contributed by atoms with Crippen LogP contribution in [0.1, 0.15) is 0 Å². The van der Waals surface area contributed by atoms with Gasteiger partial charge in [0.1, 0.15) is 0 Å². The Morgan fingerprint density at radius 1 is 0.640 bits per heavy atom. The van der Waals surface area contributed by atoms with Gasteiger partial charge in [-0.1, -0.05) is 0 Å². The Morgan fingerprint density at radius 3 is 1.08 bits per heavy atom. The largest absolute Gasteiger partial charge is 0.399 e. The first-order chi connectivity index (χ1) is 10.9. The topological polar surface area (TPSA) is 161 Å². The second kappa shape index (κ2) is 10.3. The van der Waals surface area contributed by atoms with E-state index in [-0.39, 0.29) is 17.1 Å². The molecule has 0 saturated carbocycles. The molecule has 0 amide bonds. The van der Waals surface area contributed by atoms with E-state index in [0.717, 1.165) is 0 Å². The van der Waals surface area contributed by atoms with Crippen LogP contribution in [-0.4, -0.2) is 25.9 Å². The van der Waals surface area contributed by atoms with Crippen molar-refractivity contribution in [2.45, 2.75) is 9.79 Å². The van der Waals surface area contributed by atoms with Crippen molar-refractivity contribution >= 4 is 51.3 Å². The summed E-state index contributed by atoms with van der Waals surface area (Å²) in [4.78, 5) is 0.874. The van der Waals surface area contributed by atoms with E-state index in [1.165, 1.54) is 24.3 Å². The molecule has 0 radical (unpaired) electrons. The van der Waals surface area contributed by atoms with E-state index in [1.807, 2.05) is 0 Å². The molecule has 8 nitrogen and oxygen atoms in total. The van der Waals surface area contributed by atoms with Gasteiger partial charge in [0.2, 0.25) is 0 Å². The van der Waals surface area contributed by atoms with Crippen LogP contribution in [0.25, 0.3) is 0 Å². The first-order valence-electron chi connectivity index (χ1n) is 5.99. The molecular formula is C12H14FeN2O6S4. The first-order valence-corrected chi connectivity index (χ1v) is 11.5. The van der Waals surface area contributed by atoms with Gasteiger partial charge in [-0.25, -0.2) is 0 Å². The maximum Gasteiger partial charge on any atom is 0.324 e. The molecule has 6 N–H and O–H groups in total. The third-order valence-corrected chi connectivity index (χ3v) is 5.93. The van der Waals surface area contributed by atoms with Crippen LogP contribution in [0.2, 0.25) is 0 Å². The summed E-state index contributed by atoms with van der Waals surface area (Å²) in [6, 6.07) is 12.3. The number of rotatable bonds is 4. The van der Waals surface area contributed by atoms with Gasteiger partial charge in [0, 0.05) is 59.8 Å². The number of nitrogen functional groups attached to an aromatic ring is 2. The molecule has 2 rings (SSSR count). The van der Waals surface area contributed by atoms with Crippen molar-refractivity contribution in [2.75, 3.05) is 11.5 Å². The maximum absolute atomic E-state index is 10.4. The van der Waals surface area contributed by atoms with Gasteiger partial charge in [-0.2, -0.15) is 16.8 Å². The quantitative estimate of drug-likeness (QED) is 0.228. The van der Waals surface area contributed by atoms with Crippen molar-refractivity contribution in [3.8, 4) is 0 Å². The van der Waals surface area contributed by atoms with Crippen LogP contribution in [0.3, 0.4) is 0 Å². The second-order valence-electron chi connectivity index (χ2n) is 4.16. The Balaban J connectivity index is 0.000000443. The van der Waals surface area contributed by atoms with Crippen LogP contribution in [0, 0.1) is 0 Å². The molecule has 0 unspecified atom stereocenters. The van der Waals surface area contributed by atoms with Gasteiger partial charge in [-0.15, -0.1) is 0 Å². The minimum atomic E-state index is -4.01. The Morgan fingerprint density at radius 2 is 0.880 bits per heavy atom. The molecule has 2 aromatic rings. The number of anilines is 2. The normalized spacial score (nSPS) is 11.0. The molecule has 0 aliphatic rings. The van der Waals surface area contributed by atoms with E-state index >= 15 is 0 Å². The van der Waals surface area contributed by atoms with Crippen molar-refractivity contribution < 1.29 is 43.0 Å². The fraction of sp³-hybridized carbons (Fsp3) is 0. The Hall–Kier alpha value is -0.921. The summed E-state index contributed by atoms with van der Waals surface area (Å²) in [5.74, 6) is 0. The summed E-state index contributed by atoms with van der Waals surface area (Å²) in [6.07, 6.45) is 0. The number of nitrogens with two attached hydrogens (primary N) is 2. The van der Waals surface area contributed by atoms with Crippen LogP contribution in [0.5, 0.6) is 0 Å². The van der Waals surface area contributed by atoms with Crippen LogP contribution in [0.4, 0.5) is 11.4 Å². The van der Waals surface area contributed by atoms with Crippen molar-refractivity contribution in [1.29, 1.82) is 0 Å². The predicted octanol–water partition coefficient (Wildman–Crippen LogP) is 2.32. The zero-order valence-electron chi connectivity index (χ0n) is 12.3. The molecule has 0 aliphatic carbocycles. The molecule has 0 saturated heterocycles. The third-order valence-electron chi connectivity index (χ3n) is 2.16. The van der Waals surface area contributed by atoms with E-state index in [2.05, 4.69) is 0 Å². The summed E-state index contributed by atoms with van der Waals surface area (Å²) < 4.78 is 58.4. The number of hydrogen-bond acceptors (Lipinski definition) is 8. The summed E-state index contributed by atoms with van der Waals surface area (Å²) >= 11 is 0. The van der Waals surface area contributed by atoms with Crippen molar-refractivity contribution in [3.63, 3.8) is 0 Å². The van der Waals surface area contributed by atoms with Gasteiger partial charge in [0.25, 0.3) is 0 Å². The molecule has 0 bridgehead atoms. The van der Waals surface area contributed by atoms with Crippen LogP contribution < -0.4 is 11.5 Å². The minimum Gasteiger partial charge on any atom is -0.399 e. The molecule has 0 spiro atoms. The Bertz CT molecular complexity index is 795. The monoisotopic (exact) mass is 466 g/mol. The standard InChI is InChI=1S/2C6H7NO3S2.Fe/c2*7-5-1-3-6(4-2-5)11-12(8,9)10;/h2*1-4H,7H2,(H,8,9,10);. The molecule has 25 heavy (non-hydrogen) atoms. The summed E-state index contributed by atoms with van der Waals surface area (Å²) in [7, 11) is -7.27. The molecule has 0 aliphatic heterocycles. The van der Waals surface area contributed by atoms with Crippen LogP contribution in [0.15, 0.2) is 58.3 Å². The minimum absolute atomic E-state index is 0. The molecule has 0 fully saturated rings. The molecule has 0 aromatic heterocycles. The molecule has 0 atom stereocenters. The van der Waals surface area contributed by atoms with Crippen molar-refractivity contribution in [3.05, 3.63) is 48.5 Å². The summed E-state index contributed by atoms with van der Waals surface area (Å²) in [5, 5.41) is 0. The van der Waals surface area contributed by atoms with E-state index in [4.69, 9.17) is 20.6 Å². The molecule has 140 valence electrons. The fourth-order valence-electron chi connectivity index (χ4n) is 1.29. The van der Waals surface area contributed by atoms with Gasteiger partial charge in [0.15, 0.2) is 0 Å². The molecular weight excluding hydrogens is 452 g/mol.